The number of rotatable bonds is 4. The van der Waals surface area contributed by atoms with Gasteiger partial charge in [-0.2, -0.15) is 0 Å². The van der Waals surface area contributed by atoms with Crippen LogP contribution in [0.4, 0.5) is 0 Å². The molecule has 3 rings (SSSR count). The van der Waals surface area contributed by atoms with Crippen LogP contribution in [0.25, 0.3) is 10.7 Å². The van der Waals surface area contributed by atoms with Crippen molar-refractivity contribution in [2.75, 3.05) is 13.1 Å². The predicted octanol–water partition coefficient (Wildman–Crippen LogP) is 1.73. The number of aromatic nitrogens is 2. The van der Waals surface area contributed by atoms with Gasteiger partial charge in [0.2, 0.25) is 5.91 Å². The van der Waals surface area contributed by atoms with Crippen LogP contribution >= 0.6 is 11.3 Å². The van der Waals surface area contributed by atoms with Gasteiger partial charge in [-0.15, -0.1) is 11.3 Å². The van der Waals surface area contributed by atoms with Crippen molar-refractivity contribution in [3.05, 3.63) is 35.5 Å². The highest BCUT2D eigenvalue weighted by atomic mass is 32.1. The first-order chi connectivity index (χ1) is 10.1. The summed E-state index contributed by atoms with van der Waals surface area (Å²) >= 11 is 1.49. The molecule has 1 amide bonds. The number of thiazole rings is 1. The fraction of sp³-hybridized carbons (Fsp3) is 0.400. The van der Waals surface area contributed by atoms with Crippen molar-refractivity contribution in [3.8, 4) is 10.7 Å². The second-order valence-electron chi connectivity index (χ2n) is 5.36. The number of β-amino-alcohol motifs (C(OH)–C–C–N with tert-alkyl or cyclic N) is 1. The predicted molar refractivity (Wildman–Crippen MR) is 80.9 cm³/mol. The largest absolute Gasteiger partial charge is 0.386 e. The number of nitrogens with zero attached hydrogens (tertiary/aromatic N) is 3. The second kappa shape index (κ2) is 5.54. The molecule has 0 saturated carbocycles. The van der Waals surface area contributed by atoms with Gasteiger partial charge < -0.3 is 10.0 Å². The zero-order chi connectivity index (χ0) is 14.9. The molecule has 2 aromatic rings. The monoisotopic (exact) mass is 303 g/mol. The number of hydrogen-bond acceptors (Lipinski definition) is 5. The van der Waals surface area contributed by atoms with Gasteiger partial charge in [0.15, 0.2) is 0 Å². The van der Waals surface area contributed by atoms with E-state index in [2.05, 4.69) is 9.97 Å². The first kappa shape index (κ1) is 14.2. The Morgan fingerprint density at radius 3 is 2.95 bits per heavy atom. The average molecular weight is 303 g/mol. The number of carbonyl (C=O) groups is 1. The van der Waals surface area contributed by atoms with Crippen LogP contribution in [-0.4, -0.2) is 44.6 Å². The molecule has 0 radical (unpaired) electrons. The molecule has 0 aromatic carbocycles. The van der Waals surface area contributed by atoms with Crippen molar-refractivity contribution in [2.24, 2.45) is 0 Å². The molecule has 0 atom stereocenters. The summed E-state index contributed by atoms with van der Waals surface area (Å²) in [6.45, 7) is 2.79. The maximum absolute atomic E-state index is 12.1. The summed E-state index contributed by atoms with van der Waals surface area (Å²) in [6, 6.07) is 5.68. The Labute approximate surface area is 127 Å². The van der Waals surface area contributed by atoms with Crippen LogP contribution in [0.3, 0.4) is 0 Å². The van der Waals surface area contributed by atoms with Crippen LogP contribution in [0, 0.1) is 0 Å². The maximum Gasteiger partial charge on any atom is 0.228 e. The molecule has 2 aromatic heterocycles. The number of aliphatic hydroxyl groups is 1. The molecule has 1 aliphatic rings. The highest BCUT2D eigenvalue weighted by molar-refractivity contribution is 7.13. The molecule has 1 saturated heterocycles. The van der Waals surface area contributed by atoms with Gasteiger partial charge in [-0.3, -0.25) is 9.78 Å². The molecule has 5 nitrogen and oxygen atoms in total. The fourth-order valence-corrected chi connectivity index (χ4v) is 3.12. The van der Waals surface area contributed by atoms with E-state index in [4.69, 9.17) is 0 Å². The van der Waals surface area contributed by atoms with Crippen molar-refractivity contribution in [1.82, 2.24) is 14.9 Å². The first-order valence-electron chi connectivity index (χ1n) is 6.95. The van der Waals surface area contributed by atoms with Gasteiger partial charge in [0.05, 0.1) is 36.5 Å². The summed E-state index contributed by atoms with van der Waals surface area (Å²) in [4.78, 5) is 22.5. The highest BCUT2D eigenvalue weighted by Crippen LogP contribution is 2.26. The molecule has 0 spiro atoms. The maximum atomic E-state index is 12.1. The van der Waals surface area contributed by atoms with Gasteiger partial charge in [-0.05, 0) is 18.6 Å². The summed E-state index contributed by atoms with van der Waals surface area (Å²) in [5.74, 6) is 0.0194. The highest BCUT2D eigenvalue weighted by Gasteiger charge is 2.41. The summed E-state index contributed by atoms with van der Waals surface area (Å²) in [7, 11) is 0. The minimum Gasteiger partial charge on any atom is -0.386 e. The number of likely N-dealkylation sites (tertiary alicyclic amines) is 1. The van der Waals surface area contributed by atoms with Crippen LogP contribution in [0.1, 0.15) is 19.0 Å². The van der Waals surface area contributed by atoms with Crippen molar-refractivity contribution < 1.29 is 9.90 Å². The Bertz CT molecular complexity index is 635. The topological polar surface area (TPSA) is 66.3 Å². The molecule has 6 heteroatoms. The Hall–Kier alpha value is -1.79. The van der Waals surface area contributed by atoms with E-state index in [1.165, 1.54) is 11.3 Å². The lowest BCUT2D eigenvalue weighted by Gasteiger charge is -2.46. The molecule has 1 N–H and O–H groups in total. The van der Waals surface area contributed by atoms with E-state index < -0.39 is 5.60 Å². The van der Waals surface area contributed by atoms with Gasteiger partial charge >= 0.3 is 0 Å². The van der Waals surface area contributed by atoms with Gasteiger partial charge in [0, 0.05) is 11.6 Å². The summed E-state index contributed by atoms with van der Waals surface area (Å²) < 4.78 is 0. The lowest BCUT2D eigenvalue weighted by atomic mass is 9.91. The zero-order valence-electron chi connectivity index (χ0n) is 11.8. The van der Waals surface area contributed by atoms with Crippen molar-refractivity contribution in [2.45, 2.75) is 25.4 Å². The Morgan fingerprint density at radius 2 is 2.29 bits per heavy atom. The van der Waals surface area contributed by atoms with Crippen LogP contribution in [0.5, 0.6) is 0 Å². The quantitative estimate of drug-likeness (QED) is 0.934. The van der Waals surface area contributed by atoms with E-state index in [-0.39, 0.29) is 12.3 Å². The molecular weight excluding hydrogens is 286 g/mol. The van der Waals surface area contributed by atoms with Crippen molar-refractivity contribution in [1.29, 1.82) is 0 Å². The molecule has 1 aliphatic heterocycles. The van der Waals surface area contributed by atoms with E-state index in [0.717, 1.165) is 16.4 Å². The molecule has 3 heterocycles. The lowest BCUT2D eigenvalue weighted by Crippen LogP contribution is -2.63. The Morgan fingerprint density at radius 1 is 1.48 bits per heavy atom. The van der Waals surface area contributed by atoms with E-state index in [0.29, 0.717) is 19.5 Å². The summed E-state index contributed by atoms with van der Waals surface area (Å²) in [6.07, 6.45) is 2.69. The number of amides is 1. The minimum atomic E-state index is -0.684. The fourth-order valence-electron chi connectivity index (χ4n) is 2.33. The molecule has 1 fully saturated rings. The molecule has 0 unspecified atom stereocenters. The van der Waals surface area contributed by atoms with Gasteiger partial charge in [0.1, 0.15) is 5.01 Å². The number of hydrogen-bond donors (Lipinski definition) is 1. The lowest BCUT2D eigenvalue weighted by molar-refractivity contribution is -0.155. The van der Waals surface area contributed by atoms with Crippen LogP contribution in [0.15, 0.2) is 29.8 Å². The van der Waals surface area contributed by atoms with Crippen LogP contribution in [0.2, 0.25) is 0 Å². The van der Waals surface area contributed by atoms with Crippen molar-refractivity contribution >= 4 is 17.2 Å². The van der Waals surface area contributed by atoms with Crippen LogP contribution < -0.4 is 0 Å². The van der Waals surface area contributed by atoms with Gasteiger partial charge in [-0.1, -0.05) is 13.0 Å². The second-order valence-corrected chi connectivity index (χ2v) is 6.22. The van der Waals surface area contributed by atoms with E-state index in [9.17, 15) is 9.90 Å². The third kappa shape index (κ3) is 2.96. The van der Waals surface area contributed by atoms with E-state index in [1.54, 1.807) is 11.1 Å². The number of carbonyl (C=O) groups excluding carboxylic acids is 1. The molecule has 110 valence electrons. The average Bonchev–Trinajstić information content (AvgIpc) is 2.93. The van der Waals surface area contributed by atoms with E-state index >= 15 is 0 Å². The Balaban J connectivity index is 1.62. The first-order valence-corrected chi connectivity index (χ1v) is 7.83. The molecular formula is C15H17N3O2S. The van der Waals surface area contributed by atoms with Crippen LogP contribution in [-0.2, 0) is 11.2 Å². The summed E-state index contributed by atoms with van der Waals surface area (Å²) in [5.41, 5.74) is 0.903. The van der Waals surface area contributed by atoms with E-state index in [1.807, 2.05) is 30.5 Å². The minimum absolute atomic E-state index is 0.0194. The molecule has 21 heavy (non-hydrogen) atoms. The zero-order valence-corrected chi connectivity index (χ0v) is 12.6. The Kier molecular flexibility index (Phi) is 3.73. The molecule has 0 aliphatic carbocycles. The third-order valence-corrected chi connectivity index (χ3v) is 4.66. The smallest absolute Gasteiger partial charge is 0.228 e. The molecule has 0 bridgehead atoms. The SMILES string of the molecule is CCC1(O)CN(C(=O)Cc2csc(-c3ccccn3)n2)C1. The van der Waals surface area contributed by atoms with Gasteiger partial charge in [0.25, 0.3) is 0 Å². The summed E-state index contributed by atoms with van der Waals surface area (Å²) in [5, 5.41) is 12.7. The van der Waals surface area contributed by atoms with Gasteiger partial charge in [-0.25, -0.2) is 4.98 Å². The third-order valence-electron chi connectivity index (χ3n) is 3.75. The standard InChI is InChI=1S/C15H17N3O2S/c1-2-15(20)9-18(10-15)13(19)7-11-8-21-14(17-11)12-5-3-4-6-16-12/h3-6,8,20H,2,7,9-10H2,1H3. The van der Waals surface area contributed by atoms with Crippen molar-refractivity contribution in [3.63, 3.8) is 0 Å². The number of pyridine rings is 1. The normalized spacial score (nSPS) is 16.6.